The summed E-state index contributed by atoms with van der Waals surface area (Å²) < 4.78 is 0. The van der Waals surface area contributed by atoms with Gasteiger partial charge >= 0.3 is 0 Å². The molecule has 4 heteroatoms. The van der Waals surface area contributed by atoms with E-state index < -0.39 is 0 Å². The molecule has 86 valence electrons. The summed E-state index contributed by atoms with van der Waals surface area (Å²) in [5.74, 6) is 0.613. The summed E-state index contributed by atoms with van der Waals surface area (Å²) in [5.41, 5.74) is 7.59. The third-order valence-corrected chi connectivity index (χ3v) is 3.55. The average Bonchev–Trinajstić information content (AvgIpc) is 3.04. The van der Waals surface area contributed by atoms with Crippen LogP contribution in [0.4, 0.5) is 5.69 Å². The molecule has 1 fully saturated rings. The quantitative estimate of drug-likeness (QED) is 0.620. The zero-order valence-electron chi connectivity index (χ0n) is 9.32. The molecule has 3 nitrogen and oxygen atoms in total. The number of hydrogen-bond donors (Lipinski definition) is 2. The fourth-order valence-electron chi connectivity index (χ4n) is 1.38. The van der Waals surface area contributed by atoms with Crippen molar-refractivity contribution < 1.29 is 4.79 Å². The van der Waals surface area contributed by atoms with Gasteiger partial charge < -0.3 is 11.1 Å². The van der Waals surface area contributed by atoms with Crippen molar-refractivity contribution in [2.45, 2.75) is 30.7 Å². The van der Waals surface area contributed by atoms with E-state index in [-0.39, 0.29) is 5.91 Å². The highest BCUT2D eigenvalue weighted by atomic mass is 32.2. The molecule has 1 amide bonds. The molecule has 1 aromatic carbocycles. The first-order valence-electron chi connectivity index (χ1n) is 5.43. The Hall–Kier alpha value is -1.16. The van der Waals surface area contributed by atoms with Crippen molar-refractivity contribution in [2.75, 3.05) is 11.5 Å². The standard InChI is InChI=1S/C12H16N2OS/c1-8-6-10(4-5-11(8)13)16-7-12(15)14-9-2-3-9/h4-6,9H,2-3,7,13H2,1H3,(H,14,15). The van der Waals surface area contributed by atoms with Gasteiger partial charge in [-0.3, -0.25) is 4.79 Å². The molecule has 16 heavy (non-hydrogen) atoms. The maximum Gasteiger partial charge on any atom is 0.230 e. The Bertz CT molecular complexity index is 402. The Morgan fingerprint density at radius 3 is 2.94 bits per heavy atom. The van der Waals surface area contributed by atoms with Crippen LogP contribution >= 0.6 is 11.8 Å². The Morgan fingerprint density at radius 1 is 1.56 bits per heavy atom. The molecular weight excluding hydrogens is 220 g/mol. The van der Waals surface area contributed by atoms with Crippen LogP contribution in [0.2, 0.25) is 0 Å². The summed E-state index contributed by atoms with van der Waals surface area (Å²) in [6.45, 7) is 1.98. The lowest BCUT2D eigenvalue weighted by Gasteiger charge is -2.05. The largest absolute Gasteiger partial charge is 0.399 e. The Balaban J connectivity index is 1.83. The number of aryl methyl sites for hydroxylation is 1. The summed E-state index contributed by atoms with van der Waals surface area (Å²) >= 11 is 1.55. The normalized spacial score (nSPS) is 14.8. The molecule has 0 bridgehead atoms. The second-order valence-corrected chi connectivity index (χ2v) is 5.20. The van der Waals surface area contributed by atoms with Crippen molar-refractivity contribution in [3.8, 4) is 0 Å². The van der Waals surface area contributed by atoms with E-state index in [1.54, 1.807) is 11.8 Å². The Kier molecular flexibility index (Phi) is 3.39. The number of carbonyl (C=O) groups excluding carboxylic acids is 1. The molecule has 0 aromatic heterocycles. The lowest BCUT2D eigenvalue weighted by molar-refractivity contribution is -0.118. The maximum atomic E-state index is 11.5. The van der Waals surface area contributed by atoms with Crippen LogP contribution in [0, 0.1) is 6.92 Å². The SMILES string of the molecule is Cc1cc(SCC(=O)NC2CC2)ccc1N. The van der Waals surface area contributed by atoms with Crippen molar-refractivity contribution in [3.63, 3.8) is 0 Å². The van der Waals surface area contributed by atoms with E-state index in [1.807, 2.05) is 25.1 Å². The van der Waals surface area contributed by atoms with Gasteiger partial charge in [0.25, 0.3) is 0 Å². The number of amides is 1. The molecule has 3 N–H and O–H groups in total. The minimum Gasteiger partial charge on any atom is -0.399 e. The minimum absolute atomic E-state index is 0.127. The predicted molar refractivity (Wildman–Crippen MR) is 67.5 cm³/mol. The van der Waals surface area contributed by atoms with Crippen molar-refractivity contribution >= 4 is 23.4 Å². The van der Waals surface area contributed by atoms with Gasteiger partial charge in [-0.1, -0.05) is 0 Å². The van der Waals surface area contributed by atoms with E-state index in [1.165, 1.54) is 0 Å². The van der Waals surface area contributed by atoms with E-state index in [0.29, 0.717) is 11.8 Å². The number of benzene rings is 1. The fraction of sp³-hybridized carbons (Fsp3) is 0.417. The van der Waals surface area contributed by atoms with Crippen LogP contribution in [0.3, 0.4) is 0 Å². The van der Waals surface area contributed by atoms with Gasteiger partial charge in [-0.05, 0) is 43.5 Å². The van der Waals surface area contributed by atoms with E-state index in [0.717, 1.165) is 29.0 Å². The van der Waals surface area contributed by atoms with E-state index in [2.05, 4.69) is 5.32 Å². The molecule has 0 saturated heterocycles. The minimum atomic E-state index is 0.127. The van der Waals surface area contributed by atoms with Crippen molar-refractivity contribution in [1.29, 1.82) is 0 Å². The number of nitrogen functional groups attached to an aromatic ring is 1. The van der Waals surface area contributed by atoms with Crippen LogP contribution in [0.5, 0.6) is 0 Å². The highest BCUT2D eigenvalue weighted by Gasteiger charge is 2.22. The average molecular weight is 236 g/mol. The fourth-order valence-corrected chi connectivity index (χ4v) is 2.19. The van der Waals surface area contributed by atoms with E-state index in [4.69, 9.17) is 5.73 Å². The predicted octanol–water partition coefficient (Wildman–Crippen LogP) is 1.95. The van der Waals surface area contributed by atoms with Crippen molar-refractivity contribution in [1.82, 2.24) is 5.32 Å². The zero-order valence-corrected chi connectivity index (χ0v) is 10.1. The Labute approximate surface area is 99.8 Å². The van der Waals surface area contributed by atoms with Gasteiger partial charge in [0.05, 0.1) is 5.75 Å². The van der Waals surface area contributed by atoms with E-state index >= 15 is 0 Å². The summed E-state index contributed by atoms with van der Waals surface area (Å²) in [7, 11) is 0. The number of anilines is 1. The molecule has 0 atom stereocenters. The molecule has 0 heterocycles. The van der Waals surface area contributed by atoms with Gasteiger partial charge in [-0.2, -0.15) is 0 Å². The summed E-state index contributed by atoms with van der Waals surface area (Å²) in [6.07, 6.45) is 2.27. The van der Waals surface area contributed by atoms with Gasteiger partial charge in [0.1, 0.15) is 0 Å². The number of thioether (sulfide) groups is 1. The van der Waals surface area contributed by atoms with Crippen LogP contribution in [-0.2, 0) is 4.79 Å². The number of hydrogen-bond acceptors (Lipinski definition) is 3. The molecule has 0 unspecified atom stereocenters. The smallest absolute Gasteiger partial charge is 0.230 e. The van der Waals surface area contributed by atoms with Gasteiger partial charge in [-0.25, -0.2) is 0 Å². The molecule has 0 aliphatic heterocycles. The molecule has 0 radical (unpaired) electrons. The van der Waals surface area contributed by atoms with Gasteiger partial charge in [0.15, 0.2) is 0 Å². The number of nitrogens with two attached hydrogens (primary N) is 1. The monoisotopic (exact) mass is 236 g/mol. The molecule has 1 aromatic rings. The Morgan fingerprint density at radius 2 is 2.31 bits per heavy atom. The van der Waals surface area contributed by atoms with Crippen LogP contribution in [-0.4, -0.2) is 17.7 Å². The second kappa shape index (κ2) is 4.78. The lowest BCUT2D eigenvalue weighted by Crippen LogP contribution is -2.26. The van der Waals surface area contributed by atoms with Crippen molar-refractivity contribution in [3.05, 3.63) is 23.8 Å². The van der Waals surface area contributed by atoms with E-state index in [9.17, 15) is 4.79 Å². The van der Waals surface area contributed by atoms with Crippen LogP contribution < -0.4 is 11.1 Å². The molecule has 1 aliphatic rings. The van der Waals surface area contributed by atoms with Crippen LogP contribution in [0.25, 0.3) is 0 Å². The second-order valence-electron chi connectivity index (χ2n) is 4.15. The first kappa shape index (κ1) is 11.3. The zero-order chi connectivity index (χ0) is 11.5. The van der Waals surface area contributed by atoms with Crippen molar-refractivity contribution in [2.24, 2.45) is 0 Å². The highest BCUT2D eigenvalue weighted by molar-refractivity contribution is 8.00. The van der Waals surface area contributed by atoms with Gasteiger partial charge in [0.2, 0.25) is 5.91 Å². The molecule has 0 spiro atoms. The topological polar surface area (TPSA) is 55.1 Å². The first-order chi connectivity index (χ1) is 7.65. The first-order valence-corrected chi connectivity index (χ1v) is 6.42. The number of carbonyl (C=O) groups is 1. The summed E-state index contributed by atoms with van der Waals surface area (Å²) in [5, 5.41) is 2.97. The molecular formula is C12H16N2OS. The lowest BCUT2D eigenvalue weighted by atomic mass is 10.2. The molecule has 1 aliphatic carbocycles. The number of rotatable bonds is 4. The third kappa shape index (κ3) is 3.17. The van der Waals surface area contributed by atoms with Gasteiger partial charge in [0, 0.05) is 16.6 Å². The summed E-state index contributed by atoms with van der Waals surface area (Å²) in [4.78, 5) is 12.6. The van der Waals surface area contributed by atoms with Gasteiger partial charge in [-0.15, -0.1) is 11.8 Å². The third-order valence-electron chi connectivity index (χ3n) is 2.55. The molecule has 1 saturated carbocycles. The highest BCUT2D eigenvalue weighted by Crippen LogP contribution is 2.23. The molecule has 2 rings (SSSR count). The number of nitrogens with one attached hydrogen (secondary N) is 1. The van der Waals surface area contributed by atoms with Crippen LogP contribution in [0.15, 0.2) is 23.1 Å². The maximum absolute atomic E-state index is 11.5. The van der Waals surface area contributed by atoms with Crippen LogP contribution in [0.1, 0.15) is 18.4 Å². The summed E-state index contributed by atoms with van der Waals surface area (Å²) in [6, 6.07) is 6.31.